The van der Waals surface area contributed by atoms with Gasteiger partial charge in [0.05, 0.1) is 13.0 Å². The lowest BCUT2D eigenvalue weighted by Gasteiger charge is -2.16. The molecule has 1 N–H and O–H groups in total. The predicted molar refractivity (Wildman–Crippen MR) is 124 cm³/mol. The lowest BCUT2D eigenvalue weighted by Crippen LogP contribution is -2.40. The van der Waals surface area contributed by atoms with Crippen molar-refractivity contribution in [2.75, 3.05) is 19.1 Å². The molecule has 0 aliphatic heterocycles. The van der Waals surface area contributed by atoms with Gasteiger partial charge in [0, 0.05) is 12.7 Å². The molecule has 7 heteroatoms. The number of hydrogen-bond donors (Lipinski definition) is 1. The van der Waals surface area contributed by atoms with Gasteiger partial charge in [-0.15, -0.1) is 0 Å². The van der Waals surface area contributed by atoms with Crippen molar-refractivity contribution in [2.45, 2.75) is 39.7 Å². The van der Waals surface area contributed by atoms with E-state index in [1.54, 1.807) is 13.4 Å². The van der Waals surface area contributed by atoms with Crippen molar-refractivity contribution in [1.82, 2.24) is 5.32 Å². The predicted octanol–water partition coefficient (Wildman–Crippen LogP) is 4.63. The molecule has 0 saturated heterocycles. The zero-order valence-corrected chi connectivity index (χ0v) is 19.4. The standard InChI is InChI=1S/C20H23NO4S2.C2H6/c1-12(19(23)27-11-18(20(24)26-4)21-13(2)22)14-5-6-16-10-17(25-3)8-7-15(16)9-14;1-2/h5-10,12,18H,11H2,1-4H3,(H,21,22);1-2H3. The molecule has 2 rings (SSSR count). The van der Waals surface area contributed by atoms with Crippen LogP contribution in [0.1, 0.15) is 39.2 Å². The van der Waals surface area contributed by atoms with Crippen LogP contribution in [0.3, 0.4) is 0 Å². The number of carbonyl (C=O) groups excluding carboxylic acids is 3. The second kappa shape index (κ2) is 12.5. The van der Waals surface area contributed by atoms with Gasteiger partial charge in [-0.25, -0.2) is 0 Å². The van der Waals surface area contributed by atoms with Crippen LogP contribution in [-0.2, 0) is 14.4 Å². The highest BCUT2D eigenvalue weighted by molar-refractivity contribution is 8.14. The Balaban J connectivity index is 0.00000204. The Morgan fingerprint density at radius 1 is 1.03 bits per heavy atom. The zero-order valence-electron chi connectivity index (χ0n) is 17.8. The molecule has 0 aliphatic carbocycles. The van der Waals surface area contributed by atoms with Gasteiger partial charge in [0.1, 0.15) is 11.8 Å². The summed E-state index contributed by atoms with van der Waals surface area (Å²) in [5, 5.41) is 4.49. The Morgan fingerprint density at radius 3 is 2.24 bits per heavy atom. The van der Waals surface area contributed by atoms with Crippen LogP contribution >= 0.6 is 23.5 Å². The zero-order chi connectivity index (χ0) is 22.0. The van der Waals surface area contributed by atoms with Crippen LogP contribution in [0.5, 0.6) is 5.75 Å². The molecule has 158 valence electrons. The first-order chi connectivity index (χ1) is 13.8. The van der Waals surface area contributed by atoms with E-state index in [2.05, 4.69) is 5.32 Å². The molecule has 2 aromatic rings. The van der Waals surface area contributed by atoms with Crippen molar-refractivity contribution in [2.24, 2.45) is 0 Å². The average molecular weight is 436 g/mol. The quantitative estimate of drug-likeness (QED) is 0.683. The van der Waals surface area contributed by atoms with Crippen LogP contribution in [0, 0.1) is 0 Å². The molecule has 5 nitrogen and oxygen atoms in total. The summed E-state index contributed by atoms with van der Waals surface area (Å²) in [5.41, 5.74) is 0.914. The number of amides is 1. The fourth-order valence-corrected chi connectivity index (χ4v) is 4.11. The minimum absolute atomic E-state index is 0.0351. The average Bonchev–Trinajstić information content (AvgIpc) is 2.75. The maximum Gasteiger partial charge on any atom is 0.217 e. The Bertz CT molecular complexity index is 854. The maximum atomic E-state index is 12.6. The smallest absolute Gasteiger partial charge is 0.217 e. The van der Waals surface area contributed by atoms with Gasteiger partial charge in [0.2, 0.25) is 11.0 Å². The monoisotopic (exact) mass is 435 g/mol. The Kier molecular flexibility index (Phi) is 10.8. The highest BCUT2D eigenvalue weighted by atomic mass is 32.2. The van der Waals surface area contributed by atoms with Crippen molar-refractivity contribution in [3.05, 3.63) is 42.0 Å². The van der Waals surface area contributed by atoms with Gasteiger partial charge < -0.3 is 10.1 Å². The first-order valence-electron chi connectivity index (χ1n) is 9.45. The number of carbonyl (C=O) groups is 3. The Labute approximate surface area is 181 Å². The fourth-order valence-electron chi connectivity index (χ4n) is 2.62. The van der Waals surface area contributed by atoms with Crippen LogP contribution in [0.25, 0.3) is 10.8 Å². The van der Waals surface area contributed by atoms with E-state index in [9.17, 15) is 14.4 Å². The number of fused-ring (bicyclic) bond motifs is 1. The SMILES string of the molecule is CC.COc1ccc2cc(C(C)C(=O)SCC(NC(C)=O)C(=O)SC)ccc2c1. The first kappa shape index (κ1) is 25.0. The van der Waals surface area contributed by atoms with Crippen molar-refractivity contribution in [3.8, 4) is 5.75 Å². The summed E-state index contributed by atoms with van der Waals surface area (Å²) in [7, 11) is 1.63. The van der Waals surface area contributed by atoms with Crippen molar-refractivity contribution >= 4 is 50.4 Å². The summed E-state index contributed by atoms with van der Waals surface area (Å²) >= 11 is 2.12. The lowest BCUT2D eigenvalue weighted by molar-refractivity contribution is -0.122. The van der Waals surface area contributed by atoms with Gasteiger partial charge in [0.25, 0.3) is 0 Å². The van der Waals surface area contributed by atoms with Gasteiger partial charge in [-0.3, -0.25) is 14.4 Å². The van der Waals surface area contributed by atoms with Crippen molar-refractivity contribution < 1.29 is 19.1 Å². The van der Waals surface area contributed by atoms with E-state index >= 15 is 0 Å². The number of nitrogens with one attached hydrogen (secondary N) is 1. The van der Waals surface area contributed by atoms with E-state index in [0.29, 0.717) is 0 Å². The van der Waals surface area contributed by atoms with E-state index in [1.807, 2.05) is 57.2 Å². The summed E-state index contributed by atoms with van der Waals surface area (Å²) in [6.07, 6.45) is 1.66. The molecule has 2 unspecified atom stereocenters. The molecular weight excluding hydrogens is 406 g/mol. The molecule has 0 aromatic heterocycles. The molecule has 0 fully saturated rings. The number of methoxy groups -OCH3 is 1. The van der Waals surface area contributed by atoms with Gasteiger partial charge >= 0.3 is 0 Å². The van der Waals surface area contributed by atoms with Crippen LogP contribution in [0.4, 0.5) is 0 Å². The van der Waals surface area contributed by atoms with E-state index < -0.39 is 6.04 Å². The van der Waals surface area contributed by atoms with Gasteiger partial charge in [-0.1, -0.05) is 68.6 Å². The van der Waals surface area contributed by atoms with Crippen LogP contribution in [0.15, 0.2) is 36.4 Å². The molecule has 29 heavy (non-hydrogen) atoms. The van der Waals surface area contributed by atoms with Crippen molar-refractivity contribution in [3.63, 3.8) is 0 Å². The lowest BCUT2D eigenvalue weighted by atomic mass is 9.99. The molecule has 2 aromatic carbocycles. The molecule has 0 heterocycles. The van der Waals surface area contributed by atoms with E-state index in [0.717, 1.165) is 45.6 Å². The van der Waals surface area contributed by atoms with E-state index in [4.69, 9.17) is 4.74 Å². The summed E-state index contributed by atoms with van der Waals surface area (Å²) in [6, 6.07) is 11.0. The van der Waals surface area contributed by atoms with Gasteiger partial charge in [-0.2, -0.15) is 0 Å². The molecule has 0 aliphatic rings. The second-order valence-electron chi connectivity index (χ2n) is 6.10. The number of rotatable bonds is 7. The number of ether oxygens (including phenoxy) is 1. The van der Waals surface area contributed by atoms with Crippen molar-refractivity contribution in [1.29, 1.82) is 0 Å². The van der Waals surface area contributed by atoms with Gasteiger partial charge in [0.15, 0.2) is 5.12 Å². The molecule has 1 amide bonds. The largest absolute Gasteiger partial charge is 0.497 e. The summed E-state index contributed by atoms with van der Waals surface area (Å²) in [4.78, 5) is 35.8. The number of thioether (sulfide) groups is 2. The third-order valence-corrected chi connectivity index (χ3v) is 6.01. The van der Waals surface area contributed by atoms with Crippen LogP contribution < -0.4 is 10.1 Å². The topological polar surface area (TPSA) is 72.5 Å². The molecule has 0 bridgehead atoms. The summed E-state index contributed by atoms with van der Waals surface area (Å²) < 4.78 is 5.23. The molecule has 2 atom stereocenters. The highest BCUT2D eigenvalue weighted by Gasteiger charge is 2.23. The molecule has 0 spiro atoms. The van der Waals surface area contributed by atoms with Crippen LogP contribution in [0.2, 0.25) is 0 Å². The third-order valence-electron chi connectivity index (χ3n) is 4.18. The number of benzene rings is 2. The second-order valence-corrected chi connectivity index (χ2v) is 7.94. The van der Waals surface area contributed by atoms with Gasteiger partial charge in [-0.05, 0) is 34.7 Å². The minimum Gasteiger partial charge on any atom is -0.497 e. The van der Waals surface area contributed by atoms with E-state index in [-0.39, 0.29) is 27.8 Å². The fraction of sp³-hybridized carbons (Fsp3) is 0.409. The van der Waals surface area contributed by atoms with Crippen LogP contribution in [-0.4, -0.2) is 41.3 Å². The third kappa shape index (κ3) is 7.40. The molecule has 0 radical (unpaired) electrons. The minimum atomic E-state index is -0.664. The maximum absolute atomic E-state index is 12.6. The molecular formula is C22H29NO4S2. The normalized spacial score (nSPS) is 12.3. The summed E-state index contributed by atoms with van der Waals surface area (Å²) in [5.74, 6) is 0.419. The summed E-state index contributed by atoms with van der Waals surface area (Å²) in [6.45, 7) is 7.21. The highest BCUT2D eigenvalue weighted by Crippen LogP contribution is 2.28. The Hall–Kier alpha value is -1.99. The number of hydrogen-bond acceptors (Lipinski definition) is 6. The molecule has 0 saturated carbocycles. The van der Waals surface area contributed by atoms with E-state index in [1.165, 1.54) is 6.92 Å². The first-order valence-corrected chi connectivity index (χ1v) is 11.7. The Morgan fingerprint density at radius 2 is 1.66 bits per heavy atom.